The summed E-state index contributed by atoms with van der Waals surface area (Å²) in [6.07, 6.45) is 5.48. The first kappa shape index (κ1) is 12.0. The highest BCUT2D eigenvalue weighted by Gasteiger charge is 2.21. The van der Waals surface area contributed by atoms with Crippen LogP contribution in [0.5, 0.6) is 0 Å². The number of rotatable bonds is 5. The fourth-order valence-corrected chi connectivity index (χ4v) is 2.31. The summed E-state index contributed by atoms with van der Waals surface area (Å²) in [7, 11) is 2.03. The van der Waals surface area contributed by atoms with E-state index in [1.807, 2.05) is 7.05 Å². The number of unbranched alkanes of at least 4 members (excludes halogenated alkanes) is 1. The molecule has 1 saturated heterocycles. The Hall–Kier alpha value is -0.0800. The van der Waals surface area contributed by atoms with E-state index in [1.54, 1.807) is 0 Å². The van der Waals surface area contributed by atoms with E-state index in [0.29, 0.717) is 0 Å². The second kappa shape index (κ2) is 6.41. The van der Waals surface area contributed by atoms with Crippen LogP contribution in [0.2, 0.25) is 0 Å². The lowest BCUT2D eigenvalue weighted by Gasteiger charge is -2.36. The fourth-order valence-electron chi connectivity index (χ4n) is 2.31. The largest absolute Gasteiger partial charge is 0.320 e. The lowest BCUT2D eigenvalue weighted by Crippen LogP contribution is -2.41. The molecule has 0 saturated carbocycles. The number of hydrogen-bond acceptors (Lipinski definition) is 2. The van der Waals surface area contributed by atoms with Gasteiger partial charge in [-0.1, -0.05) is 6.92 Å². The van der Waals surface area contributed by atoms with Crippen molar-refractivity contribution in [2.45, 2.75) is 45.6 Å². The van der Waals surface area contributed by atoms with E-state index >= 15 is 0 Å². The first-order valence-electron chi connectivity index (χ1n) is 6.12. The molecule has 0 radical (unpaired) electrons. The third-order valence-corrected chi connectivity index (χ3v) is 3.37. The minimum Gasteiger partial charge on any atom is -0.320 e. The third-order valence-electron chi connectivity index (χ3n) is 3.37. The normalized spacial score (nSPS) is 29.4. The van der Waals surface area contributed by atoms with Crippen molar-refractivity contribution in [3.05, 3.63) is 0 Å². The van der Waals surface area contributed by atoms with Gasteiger partial charge in [0.25, 0.3) is 0 Å². The predicted molar refractivity (Wildman–Crippen MR) is 62.6 cm³/mol. The zero-order valence-corrected chi connectivity index (χ0v) is 10.1. The third kappa shape index (κ3) is 3.97. The molecule has 0 amide bonds. The van der Waals surface area contributed by atoms with Gasteiger partial charge in [0.2, 0.25) is 0 Å². The molecule has 2 atom stereocenters. The maximum atomic E-state index is 3.21. The number of nitrogens with one attached hydrogen (secondary N) is 1. The molecule has 2 nitrogen and oxygen atoms in total. The highest BCUT2D eigenvalue weighted by Crippen LogP contribution is 2.21. The Morgan fingerprint density at radius 1 is 1.21 bits per heavy atom. The summed E-state index contributed by atoms with van der Waals surface area (Å²) in [4.78, 5) is 2.67. The van der Waals surface area contributed by atoms with Crippen LogP contribution in [0.15, 0.2) is 0 Å². The van der Waals surface area contributed by atoms with Crippen LogP contribution in [0.25, 0.3) is 0 Å². The quantitative estimate of drug-likeness (QED) is 0.681. The maximum absolute atomic E-state index is 3.21. The Labute approximate surface area is 89.1 Å². The van der Waals surface area contributed by atoms with Crippen molar-refractivity contribution in [1.82, 2.24) is 10.2 Å². The number of piperidine rings is 1. The van der Waals surface area contributed by atoms with Crippen LogP contribution < -0.4 is 5.32 Å². The molecule has 0 aromatic heterocycles. The molecule has 1 aliphatic heterocycles. The van der Waals surface area contributed by atoms with Gasteiger partial charge in [0.05, 0.1) is 0 Å². The van der Waals surface area contributed by atoms with Crippen molar-refractivity contribution in [3.63, 3.8) is 0 Å². The van der Waals surface area contributed by atoms with E-state index in [-0.39, 0.29) is 0 Å². The number of nitrogens with zero attached hydrogens (tertiary/aromatic N) is 1. The maximum Gasteiger partial charge on any atom is 0.00671 e. The van der Waals surface area contributed by atoms with Crippen molar-refractivity contribution in [3.8, 4) is 0 Å². The van der Waals surface area contributed by atoms with Crippen molar-refractivity contribution in [2.75, 3.05) is 26.7 Å². The van der Waals surface area contributed by atoms with E-state index in [4.69, 9.17) is 0 Å². The topological polar surface area (TPSA) is 15.3 Å². The summed E-state index contributed by atoms with van der Waals surface area (Å²) in [6.45, 7) is 8.54. The van der Waals surface area contributed by atoms with Gasteiger partial charge in [0.1, 0.15) is 0 Å². The predicted octanol–water partition coefficient (Wildman–Crippen LogP) is 2.11. The standard InChI is InChI=1S/C12H26N2/c1-11-6-7-12(2)14(10-11)9-5-4-8-13-3/h11-13H,4-10H2,1-3H3. The van der Waals surface area contributed by atoms with Crippen molar-refractivity contribution in [2.24, 2.45) is 5.92 Å². The molecule has 1 aliphatic rings. The Morgan fingerprint density at radius 2 is 2.00 bits per heavy atom. The summed E-state index contributed by atoms with van der Waals surface area (Å²) in [5.41, 5.74) is 0. The van der Waals surface area contributed by atoms with Crippen LogP contribution in [0.3, 0.4) is 0 Å². The summed E-state index contributed by atoms with van der Waals surface area (Å²) in [5.74, 6) is 0.913. The van der Waals surface area contributed by atoms with Crippen molar-refractivity contribution < 1.29 is 0 Å². The second-order valence-electron chi connectivity index (χ2n) is 4.84. The zero-order valence-electron chi connectivity index (χ0n) is 10.1. The van der Waals surface area contributed by atoms with E-state index in [0.717, 1.165) is 18.5 Å². The average Bonchev–Trinajstić information content (AvgIpc) is 2.18. The summed E-state index contributed by atoms with van der Waals surface area (Å²) < 4.78 is 0. The van der Waals surface area contributed by atoms with Crippen LogP contribution in [-0.2, 0) is 0 Å². The van der Waals surface area contributed by atoms with E-state index in [1.165, 1.54) is 38.8 Å². The summed E-state index contributed by atoms with van der Waals surface area (Å²) >= 11 is 0. The highest BCUT2D eigenvalue weighted by atomic mass is 15.2. The molecule has 0 bridgehead atoms. The molecule has 0 spiro atoms. The lowest BCUT2D eigenvalue weighted by molar-refractivity contribution is 0.123. The molecule has 14 heavy (non-hydrogen) atoms. The molecule has 1 heterocycles. The van der Waals surface area contributed by atoms with Gasteiger partial charge in [0, 0.05) is 12.6 Å². The molecule has 0 aliphatic carbocycles. The van der Waals surface area contributed by atoms with Crippen LogP contribution in [0.1, 0.15) is 39.5 Å². The molecule has 84 valence electrons. The highest BCUT2D eigenvalue weighted by molar-refractivity contribution is 4.76. The number of likely N-dealkylation sites (tertiary alicyclic amines) is 1. The summed E-state index contributed by atoms with van der Waals surface area (Å²) in [5, 5.41) is 3.21. The van der Waals surface area contributed by atoms with E-state index in [9.17, 15) is 0 Å². The zero-order chi connectivity index (χ0) is 10.4. The minimum absolute atomic E-state index is 0.820. The first-order valence-corrected chi connectivity index (χ1v) is 6.12. The first-order chi connectivity index (χ1) is 6.74. The van der Waals surface area contributed by atoms with Gasteiger partial charge in [-0.3, -0.25) is 0 Å². The molecule has 2 heteroatoms. The fraction of sp³-hybridized carbons (Fsp3) is 1.00. The molecular formula is C12H26N2. The Morgan fingerprint density at radius 3 is 2.71 bits per heavy atom. The van der Waals surface area contributed by atoms with Crippen LogP contribution >= 0.6 is 0 Å². The van der Waals surface area contributed by atoms with Gasteiger partial charge in [-0.15, -0.1) is 0 Å². The Bertz CT molecular complexity index is 147. The average molecular weight is 198 g/mol. The molecule has 0 aromatic carbocycles. The van der Waals surface area contributed by atoms with Gasteiger partial charge in [-0.05, 0) is 58.7 Å². The van der Waals surface area contributed by atoms with E-state index in [2.05, 4.69) is 24.1 Å². The Balaban J connectivity index is 2.14. The van der Waals surface area contributed by atoms with Gasteiger partial charge >= 0.3 is 0 Å². The molecule has 0 aromatic rings. The number of hydrogen-bond donors (Lipinski definition) is 1. The second-order valence-corrected chi connectivity index (χ2v) is 4.84. The van der Waals surface area contributed by atoms with E-state index < -0.39 is 0 Å². The van der Waals surface area contributed by atoms with Crippen LogP contribution in [0.4, 0.5) is 0 Å². The van der Waals surface area contributed by atoms with Gasteiger partial charge in [0.15, 0.2) is 0 Å². The minimum atomic E-state index is 0.820. The van der Waals surface area contributed by atoms with Crippen molar-refractivity contribution >= 4 is 0 Å². The van der Waals surface area contributed by atoms with Crippen molar-refractivity contribution in [1.29, 1.82) is 0 Å². The molecular weight excluding hydrogens is 172 g/mol. The van der Waals surface area contributed by atoms with Crippen LogP contribution in [-0.4, -0.2) is 37.6 Å². The summed E-state index contributed by atoms with van der Waals surface area (Å²) in [6, 6.07) is 0.820. The van der Waals surface area contributed by atoms with Gasteiger partial charge < -0.3 is 10.2 Å². The molecule has 1 rings (SSSR count). The molecule has 1 N–H and O–H groups in total. The van der Waals surface area contributed by atoms with Gasteiger partial charge in [-0.25, -0.2) is 0 Å². The smallest absolute Gasteiger partial charge is 0.00671 e. The Kier molecular flexibility index (Phi) is 5.49. The molecule has 1 fully saturated rings. The monoisotopic (exact) mass is 198 g/mol. The lowest BCUT2D eigenvalue weighted by atomic mass is 9.95. The van der Waals surface area contributed by atoms with Crippen LogP contribution in [0, 0.1) is 5.92 Å². The molecule has 2 unspecified atom stereocenters. The van der Waals surface area contributed by atoms with Gasteiger partial charge in [-0.2, -0.15) is 0 Å². The SMILES string of the molecule is CNCCCCN1CC(C)CCC1C.